The topological polar surface area (TPSA) is 76.3 Å². The fraction of sp³-hybridized carbons (Fsp3) is 0.0833. The average Bonchev–Trinajstić information content (AvgIpc) is 2.77. The van der Waals surface area contributed by atoms with Crippen LogP contribution in [0.25, 0.3) is 10.8 Å². The lowest BCUT2D eigenvalue weighted by atomic mass is 10.1. The summed E-state index contributed by atoms with van der Waals surface area (Å²) in [5.74, 6) is 0.314. The van der Waals surface area contributed by atoms with Crippen LogP contribution in [0.15, 0.2) is 96.2 Å². The number of carbonyl (C=O) groups excluding carboxylic acids is 1. The summed E-state index contributed by atoms with van der Waals surface area (Å²) in [6, 6.07) is 22.6. The predicted octanol–water partition coefficient (Wildman–Crippen LogP) is 3.85. The summed E-state index contributed by atoms with van der Waals surface area (Å²) in [6.45, 7) is 0.288. The van der Waals surface area contributed by atoms with Gasteiger partial charge in [0.05, 0.1) is 4.90 Å². The zero-order valence-corrected chi connectivity index (χ0v) is 17.8. The Hall–Kier alpha value is -3.78. The number of hydrogen-bond acceptors (Lipinski definition) is 4. The molecule has 0 radical (unpaired) electrons. The molecule has 0 aliphatic carbocycles. The van der Waals surface area contributed by atoms with Crippen molar-refractivity contribution in [3.8, 4) is 5.75 Å². The molecule has 0 saturated heterocycles. The molecule has 3 aromatic carbocycles. The molecule has 0 aliphatic rings. The highest BCUT2D eigenvalue weighted by molar-refractivity contribution is 7.86. The van der Waals surface area contributed by atoms with Crippen LogP contribution in [0.2, 0.25) is 0 Å². The van der Waals surface area contributed by atoms with E-state index in [1.54, 1.807) is 36.7 Å². The van der Waals surface area contributed by atoms with Gasteiger partial charge in [-0.15, -0.1) is 3.89 Å². The van der Waals surface area contributed by atoms with Crippen molar-refractivity contribution in [2.45, 2.75) is 11.4 Å². The Balaban J connectivity index is 1.36. The summed E-state index contributed by atoms with van der Waals surface area (Å²) >= 11 is 0. The molecule has 4 rings (SSSR count). The molecule has 0 atom stereocenters. The lowest BCUT2D eigenvalue weighted by Gasteiger charge is -2.08. The highest BCUT2D eigenvalue weighted by Crippen LogP contribution is 2.20. The van der Waals surface area contributed by atoms with Crippen molar-refractivity contribution in [3.05, 3.63) is 96.8 Å². The molecule has 0 aliphatic heterocycles. The Morgan fingerprint density at radius 1 is 0.938 bits per heavy atom. The van der Waals surface area contributed by atoms with Gasteiger partial charge in [-0.05, 0) is 41.1 Å². The van der Waals surface area contributed by atoms with Crippen LogP contribution in [0.4, 0.5) is 9.57 Å². The third kappa shape index (κ3) is 5.47. The van der Waals surface area contributed by atoms with E-state index >= 15 is 0 Å². The minimum atomic E-state index is -4.72. The smallest absolute Gasteiger partial charge is 0.332 e. The number of hydrogen-bond donors (Lipinski definition) is 1. The molecule has 0 unspecified atom stereocenters. The molecular weight excluding hydrogens is 431 g/mol. The van der Waals surface area contributed by atoms with Gasteiger partial charge in [-0.3, -0.25) is 4.79 Å². The predicted molar refractivity (Wildman–Crippen MR) is 119 cm³/mol. The van der Waals surface area contributed by atoms with Crippen LogP contribution in [-0.2, 0) is 21.6 Å². The fourth-order valence-corrected chi connectivity index (χ4v) is 3.73. The van der Waals surface area contributed by atoms with Crippen molar-refractivity contribution in [2.24, 2.45) is 0 Å². The van der Waals surface area contributed by atoms with E-state index in [0.717, 1.165) is 16.3 Å². The lowest BCUT2D eigenvalue weighted by molar-refractivity contribution is -0.687. The van der Waals surface area contributed by atoms with Crippen molar-refractivity contribution in [1.82, 2.24) is 0 Å². The van der Waals surface area contributed by atoms with Gasteiger partial charge in [0, 0.05) is 11.6 Å². The van der Waals surface area contributed by atoms with Gasteiger partial charge in [0.1, 0.15) is 11.4 Å². The summed E-state index contributed by atoms with van der Waals surface area (Å²) in [4.78, 5) is 11.9. The first kappa shape index (κ1) is 21.5. The normalized spacial score (nSPS) is 11.3. The van der Waals surface area contributed by atoms with Crippen molar-refractivity contribution >= 4 is 32.6 Å². The number of aromatic nitrogens is 1. The number of nitrogens with one attached hydrogen (secondary N) is 1. The number of carbonyl (C=O) groups is 1. The van der Waals surface area contributed by atoms with Gasteiger partial charge < -0.3 is 10.1 Å². The minimum absolute atomic E-state index is 0.133. The molecule has 0 fully saturated rings. The number of benzene rings is 3. The van der Waals surface area contributed by atoms with Crippen LogP contribution in [0.5, 0.6) is 5.75 Å². The van der Waals surface area contributed by atoms with Gasteiger partial charge in [-0.1, -0.05) is 42.5 Å². The molecule has 6 nitrogen and oxygen atoms in total. The summed E-state index contributed by atoms with van der Waals surface area (Å²) in [7, 11) is -4.72. The Morgan fingerprint density at radius 3 is 2.44 bits per heavy atom. The molecule has 8 heteroatoms. The minimum Gasteiger partial charge on any atom is -0.484 e. The Bertz CT molecular complexity index is 1370. The number of rotatable bonds is 7. The van der Waals surface area contributed by atoms with E-state index in [1.165, 1.54) is 12.1 Å². The number of halogens is 1. The molecule has 0 saturated carbocycles. The molecule has 4 aromatic rings. The van der Waals surface area contributed by atoms with Crippen molar-refractivity contribution < 1.29 is 26.4 Å². The third-order valence-corrected chi connectivity index (χ3v) is 5.64. The highest BCUT2D eigenvalue weighted by atomic mass is 32.3. The molecule has 1 N–H and O–H groups in total. The van der Waals surface area contributed by atoms with Crippen LogP contribution in [-0.4, -0.2) is 20.9 Å². The van der Waals surface area contributed by atoms with Gasteiger partial charge in [-0.25, -0.2) is 0 Å². The first-order chi connectivity index (χ1) is 15.4. The van der Waals surface area contributed by atoms with E-state index in [4.69, 9.17) is 4.74 Å². The zero-order chi connectivity index (χ0) is 22.6. The summed E-state index contributed by atoms with van der Waals surface area (Å²) in [5, 5.41) is 4.92. The fourth-order valence-electron chi connectivity index (χ4n) is 3.27. The van der Waals surface area contributed by atoms with Gasteiger partial charge >= 0.3 is 10.2 Å². The molecule has 162 valence electrons. The van der Waals surface area contributed by atoms with Crippen molar-refractivity contribution in [2.75, 3.05) is 11.9 Å². The summed E-state index contributed by atoms with van der Waals surface area (Å²) < 4.78 is 42.3. The SMILES string of the molecule is O=C(COc1ccc2ccccc2c1)Nc1ccc[n+](Cc2ccc(S(=O)(=O)F)cc2)c1. The van der Waals surface area contributed by atoms with E-state index < -0.39 is 10.2 Å². The van der Waals surface area contributed by atoms with Crippen LogP contribution in [0, 0.1) is 0 Å². The van der Waals surface area contributed by atoms with Crippen LogP contribution < -0.4 is 14.6 Å². The number of anilines is 1. The Kier molecular flexibility index (Phi) is 6.13. The maximum Gasteiger partial charge on any atom is 0.332 e. The molecule has 1 amide bonds. The quantitative estimate of drug-likeness (QED) is 0.342. The number of nitrogens with zero attached hydrogens (tertiary/aromatic N) is 1. The third-order valence-electron chi connectivity index (χ3n) is 4.80. The summed E-state index contributed by atoms with van der Waals surface area (Å²) in [5.41, 5.74) is 1.37. The van der Waals surface area contributed by atoms with Crippen molar-refractivity contribution in [1.29, 1.82) is 0 Å². The monoisotopic (exact) mass is 451 g/mol. The molecule has 0 bridgehead atoms. The van der Waals surface area contributed by atoms with Gasteiger partial charge in [0.2, 0.25) is 0 Å². The maximum absolute atomic E-state index is 13.0. The van der Waals surface area contributed by atoms with Gasteiger partial charge in [-0.2, -0.15) is 13.0 Å². The molecule has 0 spiro atoms. The van der Waals surface area contributed by atoms with Crippen LogP contribution in [0.3, 0.4) is 0 Å². The van der Waals surface area contributed by atoms with E-state index in [0.29, 0.717) is 18.0 Å². The second kappa shape index (κ2) is 9.15. The molecule has 32 heavy (non-hydrogen) atoms. The maximum atomic E-state index is 13.0. The van der Waals surface area contributed by atoms with E-state index in [1.807, 2.05) is 47.0 Å². The highest BCUT2D eigenvalue weighted by Gasteiger charge is 2.13. The van der Waals surface area contributed by atoms with E-state index in [2.05, 4.69) is 5.32 Å². The van der Waals surface area contributed by atoms with Gasteiger partial charge in [0.25, 0.3) is 5.91 Å². The van der Waals surface area contributed by atoms with Crippen molar-refractivity contribution in [3.63, 3.8) is 0 Å². The Labute approximate surface area is 185 Å². The van der Waals surface area contributed by atoms with Gasteiger partial charge in [0.15, 0.2) is 25.5 Å². The first-order valence-electron chi connectivity index (χ1n) is 9.81. The number of amides is 1. The standard InChI is InChI=1S/C24H19FN2O4S/c25-32(29,30)23-11-7-18(8-12-23)15-27-13-3-6-21(16-27)26-24(28)17-31-22-10-9-19-4-1-2-5-20(19)14-22/h1-14,16H,15,17H2/p+1. The number of fused-ring (bicyclic) bond motifs is 1. The number of pyridine rings is 1. The molecule has 1 heterocycles. The Morgan fingerprint density at radius 2 is 1.69 bits per heavy atom. The second-order valence-corrected chi connectivity index (χ2v) is 8.54. The number of ether oxygens (including phenoxy) is 1. The van der Waals surface area contributed by atoms with E-state index in [-0.39, 0.29) is 17.4 Å². The van der Waals surface area contributed by atoms with E-state index in [9.17, 15) is 17.1 Å². The lowest BCUT2D eigenvalue weighted by Crippen LogP contribution is -2.34. The molecule has 1 aromatic heterocycles. The largest absolute Gasteiger partial charge is 0.484 e. The first-order valence-corrected chi connectivity index (χ1v) is 11.2. The zero-order valence-electron chi connectivity index (χ0n) is 16.9. The summed E-state index contributed by atoms with van der Waals surface area (Å²) in [6.07, 6.45) is 3.55. The van der Waals surface area contributed by atoms with Crippen LogP contribution >= 0.6 is 0 Å². The average molecular weight is 451 g/mol. The van der Waals surface area contributed by atoms with Crippen LogP contribution in [0.1, 0.15) is 5.56 Å². The second-order valence-electron chi connectivity index (χ2n) is 7.19. The molecular formula is C24H20FN2O4S+.